The van der Waals surface area contributed by atoms with Crippen molar-refractivity contribution in [1.29, 1.82) is 5.26 Å². The van der Waals surface area contributed by atoms with Crippen molar-refractivity contribution in [3.63, 3.8) is 0 Å². The molecule has 62 valence electrons. The van der Waals surface area contributed by atoms with Crippen LogP contribution in [-0.2, 0) is 0 Å². The molecule has 0 spiro atoms. The predicted molar refractivity (Wildman–Crippen MR) is 50.1 cm³/mol. The van der Waals surface area contributed by atoms with Gasteiger partial charge < -0.3 is 0 Å². The highest BCUT2D eigenvalue weighted by atomic mass is 14.2. The Hall–Kier alpha value is -1.03. The molecule has 0 radical (unpaired) electrons. The first-order valence-corrected chi connectivity index (χ1v) is 4.00. The van der Waals surface area contributed by atoms with Crippen LogP contribution in [0.3, 0.4) is 0 Å². The molecule has 0 aromatic heterocycles. The normalized spacial score (nSPS) is 10.3. The second kappa shape index (κ2) is 11.7. The standard InChI is InChI=1S/C8H11N.C2H6/c1-3-5-8(4-2)6-7-9;1-2/h3-5H,6H2,1-2H3;1-2H3/b5-3-,8-4+;. The summed E-state index contributed by atoms with van der Waals surface area (Å²) in [5.74, 6) is 0. The van der Waals surface area contributed by atoms with E-state index in [4.69, 9.17) is 5.26 Å². The van der Waals surface area contributed by atoms with E-state index in [0.717, 1.165) is 5.57 Å². The van der Waals surface area contributed by atoms with Crippen LogP contribution >= 0.6 is 0 Å². The molecule has 0 rings (SSSR count). The van der Waals surface area contributed by atoms with Crippen molar-refractivity contribution in [3.8, 4) is 6.07 Å². The molecule has 0 bridgehead atoms. The lowest BCUT2D eigenvalue weighted by Crippen LogP contribution is -1.72. The van der Waals surface area contributed by atoms with Gasteiger partial charge in [0.05, 0.1) is 12.5 Å². The summed E-state index contributed by atoms with van der Waals surface area (Å²) in [6.45, 7) is 7.88. The van der Waals surface area contributed by atoms with Crippen LogP contribution in [0.4, 0.5) is 0 Å². The molecule has 0 heterocycles. The van der Waals surface area contributed by atoms with E-state index in [1.54, 1.807) is 0 Å². The molecule has 1 heteroatoms. The Morgan fingerprint density at radius 2 is 1.91 bits per heavy atom. The van der Waals surface area contributed by atoms with Gasteiger partial charge in [-0.3, -0.25) is 0 Å². The summed E-state index contributed by atoms with van der Waals surface area (Å²) in [5, 5.41) is 8.27. The number of rotatable bonds is 2. The minimum absolute atomic E-state index is 0.515. The molecule has 0 aromatic rings. The van der Waals surface area contributed by atoms with E-state index in [0.29, 0.717) is 6.42 Å². The molecular weight excluding hydrogens is 134 g/mol. The van der Waals surface area contributed by atoms with Crippen LogP contribution in [0, 0.1) is 11.3 Å². The number of nitriles is 1. The van der Waals surface area contributed by atoms with Gasteiger partial charge in [0.1, 0.15) is 0 Å². The SMILES string of the molecule is C/C=C\C(=C/C)CC#N.CC. The van der Waals surface area contributed by atoms with Crippen LogP contribution in [0.1, 0.15) is 34.1 Å². The van der Waals surface area contributed by atoms with Crippen molar-refractivity contribution in [2.75, 3.05) is 0 Å². The van der Waals surface area contributed by atoms with Crippen molar-refractivity contribution >= 4 is 0 Å². The molecule has 0 saturated heterocycles. The van der Waals surface area contributed by atoms with Gasteiger partial charge in [0, 0.05) is 0 Å². The fourth-order valence-electron chi connectivity index (χ4n) is 0.563. The zero-order valence-electron chi connectivity index (χ0n) is 7.89. The smallest absolute Gasteiger partial charge is 0.0669 e. The van der Waals surface area contributed by atoms with E-state index in [-0.39, 0.29) is 0 Å². The van der Waals surface area contributed by atoms with Gasteiger partial charge in [0.15, 0.2) is 0 Å². The summed E-state index contributed by atoms with van der Waals surface area (Å²) >= 11 is 0. The summed E-state index contributed by atoms with van der Waals surface area (Å²) in [6, 6.07) is 2.08. The van der Waals surface area contributed by atoms with Crippen molar-refractivity contribution in [2.24, 2.45) is 0 Å². The molecule has 0 aliphatic heterocycles. The molecule has 0 aliphatic rings. The van der Waals surface area contributed by atoms with Gasteiger partial charge in [-0.25, -0.2) is 0 Å². The summed E-state index contributed by atoms with van der Waals surface area (Å²) in [6.07, 6.45) is 6.35. The lowest BCUT2D eigenvalue weighted by Gasteiger charge is -1.88. The second-order valence-electron chi connectivity index (χ2n) is 1.70. The first kappa shape index (κ1) is 12.6. The molecule has 0 aromatic carbocycles. The minimum atomic E-state index is 0.515. The Labute approximate surface area is 70.0 Å². The molecule has 0 saturated carbocycles. The summed E-state index contributed by atoms with van der Waals surface area (Å²) in [5.41, 5.74) is 1.08. The first-order valence-electron chi connectivity index (χ1n) is 4.00. The molecule has 0 atom stereocenters. The van der Waals surface area contributed by atoms with E-state index in [2.05, 4.69) is 6.07 Å². The van der Waals surface area contributed by atoms with E-state index in [1.165, 1.54) is 0 Å². The largest absolute Gasteiger partial charge is 0.198 e. The van der Waals surface area contributed by atoms with Crippen molar-refractivity contribution < 1.29 is 0 Å². The van der Waals surface area contributed by atoms with E-state index in [1.807, 2.05) is 45.9 Å². The van der Waals surface area contributed by atoms with Crippen LogP contribution in [0.2, 0.25) is 0 Å². The highest BCUT2D eigenvalue weighted by Gasteiger charge is 1.84. The Morgan fingerprint density at radius 1 is 1.36 bits per heavy atom. The topological polar surface area (TPSA) is 23.8 Å². The van der Waals surface area contributed by atoms with E-state index >= 15 is 0 Å². The maximum atomic E-state index is 8.27. The van der Waals surface area contributed by atoms with Gasteiger partial charge in [-0.15, -0.1) is 0 Å². The van der Waals surface area contributed by atoms with Gasteiger partial charge in [-0.2, -0.15) is 5.26 Å². The summed E-state index contributed by atoms with van der Waals surface area (Å²) < 4.78 is 0. The Bertz CT molecular complexity index is 158. The van der Waals surface area contributed by atoms with Crippen LogP contribution in [0.15, 0.2) is 23.8 Å². The molecule has 11 heavy (non-hydrogen) atoms. The summed E-state index contributed by atoms with van der Waals surface area (Å²) in [4.78, 5) is 0. The average Bonchev–Trinajstić information content (AvgIpc) is 2.08. The lowest BCUT2D eigenvalue weighted by molar-refractivity contribution is 1.26. The van der Waals surface area contributed by atoms with Gasteiger partial charge >= 0.3 is 0 Å². The molecule has 0 N–H and O–H groups in total. The third-order valence-electron chi connectivity index (χ3n) is 1.03. The van der Waals surface area contributed by atoms with Gasteiger partial charge in [0.25, 0.3) is 0 Å². The Kier molecular flexibility index (Phi) is 13.5. The second-order valence-corrected chi connectivity index (χ2v) is 1.70. The number of hydrogen-bond donors (Lipinski definition) is 0. The van der Waals surface area contributed by atoms with E-state index < -0.39 is 0 Å². The van der Waals surface area contributed by atoms with Gasteiger partial charge in [0.2, 0.25) is 0 Å². The molecular formula is C10H17N. The van der Waals surface area contributed by atoms with Gasteiger partial charge in [-0.1, -0.05) is 32.1 Å². The Morgan fingerprint density at radius 3 is 2.18 bits per heavy atom. The number of nitrogens with zero attached hydrogens (tertiary/aromatic N) is 1. The Balaban J connectivity index is 0. The lowest BCUT2D eigenvalue weighted by atomic mass is 10.2. The highest BCUT2D eigenvalue weighted by molar-refractivity contribution is 5.20. The number of hydrogen-bond acceptors (Lipinski definition) is 1. The fraction of sp³-hybridized carbons (Fsp3) is 0.500. The average molecular weight is 151 g/mol. The maximum absolute atomic E-state index is 8.27. The van der Waals surface area contributed by atoms with Crippen molar-refractivity contribution in [2.45, 2.75) is 34.1 Å². The van der Waals surface area contributed by atoms with Gasteiger partial charge in [-0.05, 0) is 19.4 Å². The predicted octanol–water partition coefficient (Wildman–Crippen LogP) is 3.45. The molecule has 0 aliphatic carbocycles. The maximum Gasteiger partial charge on any atom is 0.0669 e. The molecule has 0 fully saturated rings. The van der Waals surface area contributed by atoms with Crippen molar-refractivity contribution in [3.05, 3.63) is 23.8 Å². The first-order chi connectivity index (χ1) is 5.35. The number of allylic oxidation sites excluding steroid dienone is 4. The molecule has 0 unspecified atom stereocenters. The van der Waals surface area contributed by atoms with Crippen molar-refractivity contribution in [1.82, 2.24) is 0 Å². The molecule has 0 amide bonds. The molecule has 1 nitrogen and oxygen atoms in total. The zero-order valence-corrected chi connectivity index (χ0v) is 7.89. The third kappa shape index (κ3) is 8.97. The third-order valence-corrected chi connectivity index (χ3v) is 1.03. The highest BCUT2D eigenvalue weighted by Crippen LogP contribution is 2.00. The van der Waals surface area contributed by atoms with Crippen LogP contribution in [-0.4, -0.2) is 0 Å². The fourth-order valence-corrected chi connectivity index (χ4v) is 0.563. The monoisotopic (exact) mass is 151 g/mol. The quantitative estimate of drug-likeness (QED) is 0.554. The van der Waals surface area contributed by atoms with Crippen LogP contribution in [0.25, 0.3) is 0 Å². The van der Waals surface area contributed by atoms with Crippen LogP contribution in [0.5, 0.6) is 0 Å². The van der Waals surface area contributed by atoms with Crippen LogP contribution < -0.4 is 0 Å². The van der Waals surface area contributed by atoms with E-state index in [9.17, 15) is 0 Å². The minimum Gasteiger partial charge on any atom is -0.198 e. The zero-order chi connectivity index (χ0) is 9.11. The summed E-state index contributed by atoms with van der Waals surface area (Å²) in [7, 11) is 0.